The molecular formula is C13H8N2O4. The maximum Gasteiger partial charge on any atom is 0.287 e. The van der Waals surface area contributed by atoms with Crippen molar-refractivity contribution in [3.8, 4) is 23.3 Å². The van der Waals surface area contributed by atoms with Gasteiger partial charge in [-0.15, -0.1) is 0 Å². The van der Waals surface area contributed by atoms with Gasteiger partial charge in [0.05, 0.1) is 4.92 Å². The molecule has 19 heavy (non-hydrogen) atoms. The Morgan fingerprint density at radius 1 is 1.26 bits per heavy atom. The summed E-state index contributed by atoms with van der Waals surface area (Å²) in [5, 5.41) is 29.1. The van der Waals surface area contributed by atoms with Crippen molar-refractivity contribution in [1.82, 2.24) is 0 Å². The molecule has 0 atom stereocenters. The Hall–Kier alpha value is -3.07. The fourth-order valence-corrected chi connectivity index (χ4v) is 1.50. The maximum atomic E-state index is 10.7. The van der Waals surface area contributed by atoms with Gasteiger partial charge in [-0.2, -0.15) is 5.26 Å². The molecule has 0 heterocycles. The predicted octanol–water partition coefficient (Wildman–Crippen LogP) is 2.96. The van der Waals surface area contributed by atoms with Gasteiger partial charge in [0.1, 0.15) is 17.4 Å². The van der Waals surface area contributed by atoms with E-state index in [-0.39, 0.29) is 28.5 Å². The first-order valence-corrected chi connectivity index (χ1v) is 5.26. The van der Waals surface area contributed by atoms with Gasteiger partial charge < -0.3 is 9.84 Å². The third-order valence-electron chi connectivity index (χ3n) is 2.38. The molecule has 0 aliphatic carbocycles. The Kier molecular flexibility index (Phi) is 3.30. The van der Waals surface area contributed by atoms with E-state index in [4.69, 9.17) is 10.00 Å². The third-order valence-corrected chi connectivity index (χ3v) is 2.38. The van der Waals surface area contributed by atoms with Gasteiger partial charge in [-0.05, 0) is 18.2 Å². The van der Waals surface area contributed by atoms with Crippen LogP contribution in [0.5, 0.6) is 17.2 Å². The molecule has 0 saturated carbocycles. The summed E-state index contributed by atoms with van der Waals surface area (Å²) in [4.78, 5) is 10.0. The van der Waals surface area contributed by atoms with Crippen molar-refractivity contribution in [1.29, 1.82) is 5.26 Å². The SMILES string of the molecule is N#Cc1cc(Oc2ccccc2O)ccc1[N+](=O)[O-]. The number of phenols is 1. The van der Waals surface area contributed by atoms with Crippen molar-refractivity contribution >= 4 is 5.69 Å². The summed E-state index contributed by atoms with van der Waals surface area (Å²) < 4.78 is 5.36. The summed E-state index contributed by atoms with van der Waals surface area (Å²) in [5.41, 5.74) is -0.384. The Bertz CT molecular complexity index is 677. The fraction of sp³-hybridized carbons (Fsp3) is 0. The smallest absolute Gasteiger partial charge is 0.287 e. The van der Waals surface area contributed by atoms with E-state index >= 15 is 0 Å². The highest BCUT2D eigenvalue weighted by atomic mass is 16.6. The number of hydrogen-bond acceptors (Lipinski definition) is 5. The van der Waals surface area contributed by atoms with E-state index in [1.165, 1.54) is 24.3 Å². The summed E-state index contributed by atoms with van der Waals surface area (Å²) in [6.45, 7) is 0. The molecule has 1 N–H and O–H groups in total. The van der Waals surface area contributed by atoms with E-state index < -0.39 is 4.92 Å². The molecule has 94 valence electrons. The molecule has 0 saturated heterocycles. The van der Waals surface area contributed by atoms with Gasteiger partial charge in [-0.1, -0.05) is 12.1 Å². The minimum absolute atomic E-state index is 0.0561. The van der Waals surface area contributed by atoms with Gasteiger partial charge in [0.15, 0.2) is 11.5 Å². The number of nitriles is 1. The Balaban J connectivity index is 2.36. The normalized spacial score (nSPS) is 9.63. The van der Waals surface area contributed by atoms with E-state index in [0.29, 0.717) is 0 Å². The number of nitrogens with zero attached hydrogens (tertiary/aromatic N) is 2. The lowest BCUT2D eigenvalue weighted by molar-refractivity contribution is -0.385. The van der Waals surface area contributed by atoms with Gasteiger partial charge >= 0.3 is 0 Å². The lowest BCUT2D eigenvalue weighted by Crippen LogP contribution is -1.93. The van der Waals surface area contributed by atoms with Crippen LogP contribution in [-0.4, -0.2) is 10.0 Å². The van der Waals surface area contributed by atoms with Crippen LogP contribution >= 0.6 is 0 Å². The van der Waals surface area contributed by atoms with Crippen LogP contribution in [-0.2, 0) is 0 Å². The quantitative estimate of drug-likeness (QED) is 0.672. The molecule has 0 aromatic heterocycles. The number of aromatic hydroxyl groups is 1. The molecule has 2 aromatic carbocycles. The first-order valence-electron chi connectivity index (χ1n) is 5.26. The molecule has 0 radical (unpaired) electrons. The molecule has 6 nitrogen and oxygen atoms in total. The highest BCUT2D eigenvalue weighted by Crippen LogP contribution is 2.32. The number of phenolic OH excluding ortho intramolecular Hbond substituents is 1. The Labute approximate surface area is 108 Å². The largest absolute Gasteiger partial charge is 0.504 e. The Morgan fingerprint density at radius 3 is 2.63 bits per heavy atom. The average Bonchev–Trinajstić information content (AvgIpc) is 2.41. The van der Waals surface area contributed by atoms with E-state index in [1.807, 2.05) is 0 Å². The van der Waals surface area contributed by atoms with E-state index in [9.17, 15) is 15.2 Å². The lowest BCUT2D eigenvalue weighted by Gasteiger charge is -2.07. The third kappa shape index (κ3) is 2.61. The summed E-state index contributed by atoms with van der Waals surface area (Å²) in [6.07, 6.45) is 0. The van der Waals surface area contributed by atoms with Crippen molar-refractivity contribution < 1.29 is 14.8 Å². The minimum atomic E-state index is -0.637. The zero-order valence-corrected chi connectivity index (χ0v) is 9.61. The highest BCUT2D eigenvalue weighted by molar-refractivity contribution is 5.53. The minimum Gasteiger partial charge on any atom is -0.504 e. The van der Waals surface area contributed by atoms with Gasteiger partial charge in [-0.3, -0.25) is 10.1 Å². The molecule has 0 aliphatic heterocycles. The second-order valence-electron chi connectivity index (χ2n) is 3.62. The van der Waals surface area contributed by atoms with Crippen molar-refractivity contribution in [3.05, 3.63) is 58.1 Å². The van der Waals surface area contributed by atoms with Crippen molar-refractivity contribution in [2.45, 2.75) is 0 Å². The molecule has 0 amide bonds. The molecule has 2 aromatic rings. The zero-order valence-electron chi connectivity index (χ0n) is 9.61. The van der Waals surface area contributed by atoms with Crippen LogP contribution in [0.1, 0.15) is 5.56 Å². The van der Waals surface area contributed by atoms with Crippen LogP contribution in [0, 0.1) is 21.4 Å². The number of hydrogen-bond donors (Lipinski definition) is 1. The summed E-state index contributed by atoms with van der Waals surface area (Å²) in [5.74, 6) is 0.392. The number of para-hydroxylation sites is 2. The molecule has 2 rings (SSSR count). The Morgan fingerprint density at radius 2 is 2.00 bits per heavy atom. The predicted molar refractivity (Wildman–Crippen MR) is 66.0 cm³/mol. The van der Waals surface area contributed by atoms with Crippen LogP contribution in [0.2, 0.25) is 0 Å². The average molecular weight is 256 g/mol. The summed E-state index contributed by atoms with van der Waals surface area (Å²) >= 11 is 0. The van der Waals surface area contributed by atoms with Crippen molar-refractivity contribution in [2.75, 3.05) is 0 Å². The fourth-order valence-electron chi connectivity index (χ4n) is 1.50. The monoisotopic (exact) mass is 256 g/mol. The van der Waals surface area contributed by atoms with Crippen LogP contribution in [0.3, 0.4) is 0 Å². The van der Waals surface area contributed by atoms with Crippen molar-refractivity contribution in [2.24, 2.45) is 0 Å². The number of ether oxygens (including phenoxy) is 1. The van der Waals surface area contributed by atoms with Crippen LogP contribution in [0.25, 0.3) is 0 Å². The first-order chi connectivity index (χ1) is 9.11. The second-order valence-corrected chi connectivity index (χ2v) is 3.62. The number of rotatable bonds is 3. The van der Waals surface area contributed by atoms with Gasteiger partial charge in [0, 0.05) is 12.1 Å². The number of benzene rings is 2. The van der Waals surface area contributed by atoms with E-state index in [2.05, 4.69) is 0 Å². The topological polar surface area (TPSA) is 96.4 Å². The van der Waals surface area contributed by atoms with Crippen LogP contribution < -0.4 is 4.74 Å². The van der Waals surface area contributed by atoms with Crippen LogP contribution in [0.15, 0.2) is 42.5 Å². The van der Waals surface area contributed by atoms with E-state index in [1.54, 1.807) is 24.3 Å². The molecule has 0 fully saturated rings. The maximum absolute atomic E-state index is 10.7. The number of nitro benzene ring substituents is 1. The first kappa shape index (κ1) is 12.4. The molecule has 0 spiro atoms. The molecule has 6 heteroatoms. The van der Waals surface area contributed by atoms with Gasteiger partial charge in [0.2, 0.25) is 0 Å². The highest BCUT2D eigenvalue weighted by Gasteiger charge is 2.14. The van der Waals surface area contributed by atoms with Crippen LogP contribution in [0.4, 0.5) is 5.69 Å². The molecule has 0 bridgehead atoms. The van der Waals surface area contributed by atoms with Crippen molar-refractivity contribution in [3.63, 3.8) is 0 Å². The van der Waals surface area contributed by atoms with Gasteiger partial charge in [-0.25, -0.2) is 0 Å². The summed E-state index contributed by atoms with van der Waals surface area (Å²) in [6, 6.07) is 11.8. The summed E-state index contributed by atoms with van der Waals surface area (Å²) in [7, 11) is 0. The zero-order chi connectivity index (χ0) is 13.8. The lowest BCUT2D eigenvalue weighted by atomic mass is 10.2. The molecular weight excluding hydrogens is 248 g/mol. The molecule has 0 aliphatic rings. The second kappa shape index (κ2) is 5.06. The van der Waals surface area contributed by atoms with Gasteiger partial charge in [0.25, 0.3) is 5.69 Å². The molecule has 0 unspecified atom stereocenters. The van der Waals surface area contributed by atoms with E-state index in [0.717, 1.165) is 0 Å². The number of nitro groups is 1. The standard InChI is InChI=1S/C13H8N2O4/c14-8-9-7-10(5-6-11(9)15(17)18)19-13-4-2-1-3-12(13)16/h1-7,16H.